The molecule has 6 nitrogen and oxygen atoms in total. The number of sulfonamides is 1. The lowest BCUT2D eigenvalue weighted by Crippen LogP contribution is -3.16. The second kappa shape index (κ2) is 9.52. The number of hydrogen-bond donors (Lipinski definition) is 1. The number of carbonyl (C=O) groups excluding carboxylic acids is 1. The summed E-state index contributed by atoms with van der Waals surface area (Å²) in [5.74, 6) is 0.107. The van der Waals surface area contributed by atoms with Gasteiger partial charge in [0.05, 0.1) is 31.1 Å². The zero-order valence-corrected chi connectivity index (χ0v) is 17.9. The molecule has 0 aliphatic carbocycles. The Morgan fingerprint density at radius 2 is 1.48 bits per heavy atom. The highest BCUT2D eigenvalue weighted by Gasteiger charge is 2.38. The summed E-state index contributed by atoms with van der Waals surface area (Å²) in [7, 11) is -3.50. The van der Waals surface area contributed by atoms with Gasteiger partial charge in [-0.25, -0.2) is 8.42 Å². The maximum absolute atomic E-state index is 13.3. The molecule has 0 spiro atoms. The predicted octanol–water partition coefficient (Wildman–Crippen LogP) is 1.19. The Morgan fingerprint density at radius 1 is 0.966 bits per heavy atom. The van der Waals surface area contributed by atoms with Crippen LogP contribution < -0.4 is 4.90 Å². The van der Waals surface area contributed by atoms with Gasteiger partial charge < -0.3 is 9.80 Å². The van der Waals surface area contributed by atoms with Gasteiger partial charge in [-0.15, -0.1) is 0 Å². The first-order chi connectivity index (χ1) is 14.0. The molecule has 1 amide bonds. The lowest BCUT2D eigenvalue weighted by molar-refractivity contribution is -0.925. The molecule has 1 aliphatic rings. The van der Waals surface area contributed by atoms with E-state index in [2.05, 4.69) is 0 Å². The minimum Gasteiger partial charge on any atom is -0.338 e. The molecule has 156 valence electrons. The highest BCUT2D eigenvalue weighted by Crippen LogP contribution is 2.17. The maximum atomic E-state index is 13.3. The van der Waals surface area contributed by atoms with Crippen molar-refractivity contribution in [1.29, 1.82) is 0 Å². The van der Waals surface area contributed by atoms with E-state index in [-0.39, 0.29) is 11.9 Å². The molecule has 2 aromatic carbocycles. The van der Waals surface area contributed by atoms with Crippen molar-refractivity contribution in [1.82, 2.24) is 9.21 Å². The van der Waals surface area contributed by atoms with Gasteiger partial charge in [-0.2, -0.15) is 4.31 Å². The van der Waals surface area contributed by atoms with Crippen LogP contribution in [-0.2, 0) is 14.8 Å². The van der Waals surface area contributed by atoms with Gasteiger partial charge >= 0.3 is 0 Å². The topological polar surface area (TPSA) is 62.1 Å². The third-order valence-electron chi connectivity index (χ3n) is 5.61. The van der Waals surface area contributed by atoms with Crippen LogP contribution in [0.3, 0.4) is 0 Å². The van der Waals surface area contributed by atoms with Gasteiger partial charge in [0.15, 0.2) is 6.04 Å². The molecule has 1 fully saturated rings. The maximum Gasteiger partial charge on any atom is 0.285 e. The second-order valence-electron chi connectivity index (χ2n) is 7.23. The summed E-state index contributed by atoms with van der Waals surface area (Å²) in [4.78, 5) is 16.6. The molecule has 0 aromatic heterocycles. The van der Waals surface area contributed by atoms with Crippen molar-refractivity contribution >= 4 is 15.9 Å². The molecule has 2 aromatic rings. The van der Waals surface area contributed by atoms with Gasteiger partial charge in [0.2, 0.25) is 10.0 Å². The highest BCUT2D eigenvalue weighted by atomic mass is 32.2. The van der Waals surface area contributed by atoms with Gasteiger partial charge in [0, 0.05) is 18.7 Å². The molecule has 29 heavy (non-hydrogen) atoms. The molecule has 7 heteroatoms. The summed E-state index contributed by atoms with van der Waals surface area (Å²) >= 11 is 0. The Bertz CT molecular complexity index is 891. The van der Waals surface area contributed by atoms with Crippen molar-refractivity contribution < 1.29 is 18.1 Å². The van der Waals surface area contributed by atoms with E-state index in [4.69, 9.17) is 0 Å². The molecule has 0 radical (unpaired) electrons. The Hall–Kier alpha value is -2.22. The van der Waals surface area contributed by atoms with Gasteiger partial charge in [0.25, 0.3) is 5.91 Å². The van der Waals surface area contributed by atoms with E-state index in [0.717, 1.165) is 10.5 Å². The minimum absolute atomic E-state index is 0.107. The second-order valence-corrected chi connectivity index (χ2v) is 9.17. The summed E-state index contributed by atoms with van der Waals surface area (Å²) in [6.07, 6.45) is 0. The van der Waals surface area contributed by atoms with Crippen LogP contribution >= 0.6 is 0 Å². The highest BCUT2D eigenvalue weighted by molar-refractivity contribution is 7.89. The molecule has 1 aliphatic heterocycles. The minimum atomic E-state index is -3.50. The number of carbonyl (C=O) groups is 1. The van der Waals surface area contributed by atoms with E-state index >= 15 is 0 Å². The van der Waals surface area contributed by atoms with Gasteiger partial charge in [-0.3, -0.25) is 4.79 Å². The average molecular weight is 417 g/mol. The predicted molar refractivity (Wildman–Crippen MR) is 113 cm³/mol. The fraction of sp³-hybridized carbons (Fsp3) is 0.409. The van der Waals surface area contributed by atoms with Crippen molar-refractivity contribution in [2.75, 3.05) is 39.3 Å². The van der Waals surface area contributed by atoms with E-state index in [1.807, 2.05) is 55.1 Å². The normalized spacial score (nSPS) is 17.0. The molecule has 1 saturated heterocycles. The SMILES string of the molecule is CCN(CC)C(=O)[C@@H](c1ccccc1)[NH+]1CCN(S(=O)(=O)c2ccccc2)CC1. The Morgan fingerprint density at radius 3 is 2.00 bits per heavy atom. The first kappa shape index (κ1) is 21.5. The standard InChI is InChI=1S/C22H29N3O3S/c1-3-23(4-2)22(26)21(19-11-7-5-8-12-19)24-15-17-25(18-16-24)29(27,28)20-13-9-6-10-14-20/h5-14,21H,3-4,15-18H2,1-2H3/p+1/t21-/m1/s1. The fourth-order valence-corrected chi connectivity index (χ4v) is 5.42. The summed E-state index contributed by atoms with van der Waals surface area (Å²) in [6.45, 7) is 7.31. The van der Waals surface area contributed by atoms with Crippen LogP contribution in [0.2, 0.25) is 0 Å². The quantitative estimate of drug-likeness (QED) is 0.738. The van der Waals surface area contributed by atoms with Crippen LogP contribution in [0.5, 0.6) is 0 Å². The summed E-state index contributed by atoms with van der Waals surface area (Å²) in [5.41, 5.74) is 0.985. The average Bonchev–Trinajstić information content (AvgIpc) is 2.76. The zero-order valence-electron chi connectivity index (χ0n) is 17.1. The number of hydrogen-bond acceptors (Lipinski definition) is 3. The third kappa shape index (κ3) is 4.69. The first-order valence-electron chi connectivity index (χ1n) is 10.2. The largest absolute Gasteiger partial charge is 0.338 e. The Labute approximate surface area is 173 Å². The van der Waals surface area contributed by atoms with Crippen molar-refractivity contribution in [3.05, 3.63) is 66.2 Å². The third-order valence-corrected chi connectivity index (χ3v) is 7.52. The van der Waals surface area contributed by atoms with Gasteiger partial charge in [-0.05, 0) is 26.0 Å². The van der Waals surface area contributed by atoms with E-state index in [1.165, 1.54) is 4.31 Å². The molecule has 1 N–H and O–H groups in total. The van der Waals surface area contributed by atoms with Crippen molar-refractivity contribution in [3.8, 4) is 0 Å². The number of rotatable bonds is 7. The van der Waals surface area contributed by atoms with E-state index in [1.54, 1.807) is 24.3 Å². The number of nitrogens with one attached hydrogen (secondary N) is 1. The van der Waals surface area contributed by atoms with Gasteiger partial charge in [-0.1, -0.05) is 48.5 Å². The number of likely N-dealkylation sites (N-methyl/N-ethyl adjacent to an activating group) is 1. The van der Waals surface area contributed by atoms with E-state index in [0.29, 0.717) is 44.2 Å². The number of piperazine rings is 1. The Balaban J connectivity index is 1.79. The number of quaternary nitrogens is 1. The van der Waals surface area contributed by atoms with Crippen molar-refractivity contribution in [3.63, 3.8) is 0 Å². The van der Waals surface area contributed by atoms with Crippen molar-refractivity contribution in [2.45, 2.75) is 24.8 Å². The first-order valence-corrected chi connectivity index (χ1v) is 11.7. The monoisotopic (exact) mass is 416 g/mol. The van der Waals surface area contributed by atoms with Crippen LogP contribution in [0.15, 0.2) is 65.6 Å². The van der Waals surface area contributed by atoms with E-state index < -0.39 is 10.0 Å². The molecule has 3 rings (SSSR count). The lowest BCUT2D eigenvalue weighted by atomic mass is 10.0. The fourth-order valence-electron chi connectivity index (χ4n) is 3.96. The molecule has 0 saturated carbocycles. The molecule has 1 heterocycles. The van der Waals surface area contributed by atoms with Crippen LogP contribution in [0.1, 0.15) is 25.5 Å². The van der Waals surface area contributed by atoms with Crippen molar-refractivity contribution in [2.24, 2.45) is 0 Å². The molecule has 1 atom stereocenters. The zero-order chi connectivity index (χ0) is 20.9. The molecular weight excluding hydrogens is 386 g/mol. The molecule has 0 unspecified atom stereocenters. The molecule has 0 bridgehead atoms. The number of benzene rings is 2. The lowest BCUT2D eigenvalue weighted by Gasteiger charge is -2.37. The van der Waals surface area contributed by atoms with Crippen LogP contribution in [0.4, 0.5) is 0 Å². The van der Waals surface area contributed by atoms with Crippen LogP contribution in [0.25, 0.3) is 0 Å². The van der Waals surface area contributed by atoms with Crippen LogP contribution in [0, 0.1) is 0 Å². The smallest absolute Gasteiger partial charge is 0.285 e. The number of nitrogens with zero attached hydrogens (tertiary/aromatic N) is 2. The summed E-state index contributed by atoms with van der Waals surface area (Å²) < 4.78 is 27.4. The summed E-state index contributed by atoms with van der Waals surface area (Å²) in [6, 6.07) is 18.1. The van der Waals surface area contributed by atoms with Crippen LogP contribution in [-0.4, -0.2) is 62.8 Å². The Kier molecular flexibility index (Phi) is 7.05. The number of amides is 1. The van der Waals surface area contributed by atoms with Gasteiger partial charge in [0.1, 0.15) is 0 Å². The summed E-state index contributed by atoms with van der Waals surface area (Å²) in [5, 5.41) is 0. The molecular formula is C22H30N3O3S+. The van der Waals surface area contributed by atoms with E-state index in [9.17, 15) is 13.2 Å².